The minimum atomic E-state index is -2.66. The van der Waals surface area contributed by atoms with Crippen LogP contribution in [0.1, 0.15) is 27.2 Å². The first-order valence-corrected chi connectivity index (χ1v) is 16.9. The fraction of sp³-hybridized carbons (Fsp3) is 0.257. The van der Waals surface area contributed by atoms with Crippen molar-refractivity contribution >= 4 is 58.1 Å². The molecule has 0 radical (unpaired) electrons. The Morgan fingerprint density at radius 3 is 1.95 bits per heavy atom. The molecule has 0 bridgehead atoms. The second-order valence-electron chi connectivity index (χ2n) is 10.3. The Labute approximate surface area is 248 Å². The molecule has 6 nitrogen and oxygen atoms in total. The van der Waals surface area contributed by atoms with Gasteiger partial charge in [0, 0.05) is 61.7 Å². The smallest absolute Gasteiger partial charge is 0.385 e. The highest BCUT2D eigenvalue weighted by Crippen LogP contribution is 2.34. The van der Waals surface area contributed by atoms with Gasteiger partial charge in [0.1, 0.15) is 11.0 Å². The third-order valence-corrected chi connectivity index (χ3v) is 10.8. The number of nitrogens with one attached hydrogen (secondary N) is 1. The van der Waals surface area contributed by atoms with Crippen LogP contribution in [0.25, 0.3) is 49.3 Å². The summed E-state index contributed by atoms with van der Waals surface area (Å²) in [6.07, 6.45) is 0.884. The van der Waals surface area contributed by atoms with Crippen molar-refractivity contribution in [1.82, 2.24) is 4.98 Å². The molecule has 0 spiro atoms. The summed E-state index contributed by atoms with van der Waals surface area (Å²) in [5, 5.41) is 8.44. The predicted molar refractivity (Wildman–Crippen MR) is 174 cm³/mol. The molecule has 0 saturated heterocycles. The van der Waals surface area contributed by atoms with Gasteiger partial charge in [-0.25, -0.2) is 4.98 Å². The Bertz CT molecular complexity index is 1830. The maximum Gasteiger partial charge on any atom is 0.500 e. The molecule has 0 saturated carbocycles. The zero-order chi connectivity index (χ0) is 28.9. The summed E-state index contributed by atoms with van der Waals surface area (Å²) in [7, 11) is -2.66. The highest BCUT2D eigenvalue weighted by atomic mass is 28.4. The van der Waals surface area contributed by atoms with Crippen LogP contribution in [0.4, 0.5) is 5.69 Å². The van der Waals surface area contributed by atoms with Crippen molar-refractivity contribution in [3.63, 3.8) is 0 Å². The van der Waals surface area contributed by atoms with Gasteiger partial charge in [-0.05, 0) is 56.2 Å². The lowest BCUT2D eigenvalue weighted by Gasteiger charge is -2.28. The van der Waals surface area contributed by atoms with Crippen molar-refractivity contribution in [3.8, 4) is 5.69 Å². The highest BCUT2D eigenvalue weighted by molar-refractivity contribution is 6.60. The number of benzene rings is 5. The number of aromatic nitrogens is 2. The molecule has 7 heteroatoms. The molecular weight excluding hydrogens is 538 g/mol. The molecule has 214 valence electrons. The number of fused-ring (bicyclic) bond motifs is 7. The summed E-state index contributed by atoms with van der Waals surface area (Å²) in [6.45, 7) is 8.56. The lowest BCUT2D eigenvalue weighted by Crippen LogP contribution is -2.46. The summed E-state index contributed by atoms with van der Waals surface area (Å²) in [4.78, 5) is 5.28. The molecule has 0 fully saturated rings. The predicted octanol–water partition coefficient (Wildman–Crippen LogP) is 7.82. The van der Waals surface area contributed by atoms with Crippen LogP contribution in [0.5, 0.6) is 0 Å². The van der Waals surface area contributed by atoms with Crippen LogP contribution in [0.3, 0.4) is 0 Å². The van der Waals surface area contributed by atoms with Gasteiger partial charge in [0.15, 0.2) is 0 Å². The van der Waals surface area contributed by atoms with Crippen LogP contribution < -0.4 is 9.88 Å². The first-order chi connectivity index (χ1) is 20.7. The Balaban J connectivity index is 1.45. The van der Waals surface area contributed by atoms with Crippen LogP contribution in [0.2, 0.25) is 6.04 Å². The number of para-hydroxylation sites is 1. The average molecular weight is 577 g/mol. The normalized spacial score (nSPS) is 12.1. The van der Waals surface area contributed by atoms with Crippen LogP contribution in [0, 0.1) is 0 Å². The third kappa shape index (κ3) is 5.36. The molecule has 0 aliphatic carbocycles. The number of nitrogens with zero attached hydrogens (tertiary/aromatic N) is 2. The maximum absolute atomic E-state index is 6.05. The minimum Gasteiger partial charge on any atom is -0.385 e. The van der Waals surface area contributed by atoms with E-state index in [0.29, 0.717) is 19.8 Å². The Morgan fingerprint density at radius 2 is 1.29 bits per heavy atom. The SMILES string of the molecule is CCO[Si](CCCNc1ccc2nc3c4ccccc4c4ccccc4c3[n+](-c3ccccc3)c2c1)(OCC)OCC. The molecule has 0 atom stereocenters. The van der Waals surface area contributed by atoms with E-state index in [4.69, 9.17) is 18.3 Å². The van der Waals surface area contributed by atoms with E-state index < -0.39 is 8.80 Å². The average Bonchev–Trinajstić information content (AvgIpc) is 3.03. The van der Waals surface area contributed by atoms with Crippen LogP contribution in [0.15, 0.2) is 97.1 Å². The molecule has 42 heavy (non-hydrogen) atoms. The molecule has 0 aliphatic rings. The summed E-state index contributed by atoms with van der Waals surface area (Å²) in [5.41, 5.74) is 6.28. The Kier molecular flexibility index (Phi) is 8.44. The van der Waals surface area contributed by atoms with E-state index in [0.717, 1.165) is 57.8 Å². The van der Waals surface area contributed by atoms with E-state index >= 15 is 0 Å². The van der Waals surface area contributed by atoms with Gasteiger partial charge in [-0.1, -0.05) is 60.7 Å². The van der Waals surface area contributed by atoms with Crippen LogP contribution in [-0.4, -0.2) is 40.2 Å². The van der Waals surface area contributed by atoms with Crippen molar-refractivity contribution in [1.29, 1.82) is 0 Å². The summed E-state index contributed by atoms with van der Waals surface area (Å²) in [6, 6.07) is 35.1. The van der Waals surface area contributed by atoms with Crippen molar-refractivity contribution in [2.24, 2.45) is 0 Å². The summed E-state index contributed by atoms with van der Waals surface area (Å²) < 4.78 is 20.5. The van der Waals surface area contributed by atoms with Crippen molar-refractivity contribution in [2.45, 2.75) is 33.2 Å². The van der Waals surface area contributed by atoms with E-state index in [9.17, 15) is 0 Å². The van der Waals surface area contributed by atoms with Gasteiger partial charge in [-0.2, -0.15) is 0 Å². The molecule has 6 aromatic rings. The molecule has 0 unspecified atom stereocenters. The minimum absolute atomic E-state index is 0.592. The molecule has 0 amide bonds. The van der Waals surface area contributed by atoms with Gasteiger partial charge >= 0.3 is 8.80 Å². The van der Waals surface area contributed by atoms with Crippen molar-refractivity contribution < 1.29 is 17.8 Å². The fourth-order valence-electron chi connectivity index (χ4n) is 5.98. The molecule has 6 rings (SSSR count). The Hall–Kier alpha value is -3.88. The Morgan fingerprint density at radius 1 is 0.690 bits per heavy atom. The largest absolute Gasteiger partial charge is 0.500 e. The summed E-state index contributed by atoms with van der Waals surface area (Å²) in [5.74, 6) is 0. The van der Waals surface area contributed by atoms with E-state index in [-0.39, 0.29) is 0 Å². The van der Waals surface area contributed by atoms with E-state index in [1.165, 1.54) is 16.2 Å². The van der Waals surface area contributed by atoms with Gasteiger partial charge < -0.3 is 18.6 Å². The standard InChI is InChI=1S/C35H37N3O3Si/c1-4-39-42(40-5-2,41-6-3)24-14-23-36-26-21-22-32-33(25-26)38(27-15-8-7-9-16-27)35-31-20-13-11-18-29(31)28-17-10-12-19-30(28)34(35)37-32/h7-13,15-22,25H,4-6,14,23-24H2,1-3H3/p+1. The van der Waals surface area contributed by atoms with Gasteiger partial charge in [-0.15, -0.1) is 4.57 Å². The zero-order valence-corrected chi connectivity index (χ0v) is 25.6. The van der Waals surface area contributed by atoms with Gasteiger partial charge in [0.25, 0.3) is 0 Å². The number of rotatable bonds is 12. The van der Waals surface area contributed by atoms with Crippen LogP contribution in [-0.2, 0) is 13.3 Å². The molecule has 1 aromatic heterocycles. The first kappa shape index (κ1) is 28.2. The number of hydrogen-bond acceptors (Lipinski definition) is 5. The molecular formula is C35H38N3O3Si+. The van der Waals surface area contributed by atoms with E-state index in [1.807, 2.05) is 20.8 Å². The quantitative estimate of drug-likeness (QED) is 0.0529. The molecule has 5 aromatic carbocycles. The fourth-order valence-corrected chi connectivity index (χ4v) is 8.59. The van der Waals surface area contributed by atoms with Crippen molar-refractivity contribution in [2.75, 3.05) is 31.7 Å². The maximum atomic E-state index is 6.05. The lowest BCUT2D eigenvalue weighted by atomic mass is 9.99. The topological polar surface area (TPSA) is 56.5 Å². The highest BCUT2D eigenvalue weighted by Gasteiger charge is 2.39. The second kappa shape index (κ2) is 12.5. The van der Waals surface area contributed by atoms with Gasteiger partial charge in [0.2, 0.25) is 16.7 Å². The third-order valence-electron chi connectivity index (χ3n) is 7.65. The lowest BCUT2D eigenvalue weighted by molar-refractivity contribution is -0.537. The monoisotopic (exact) mass is 576 g/mol. The van der Waals surface area contributed by atoms with Gasteiger partial charge in [-0.3, -0.25) is 0 Å². The molecule has 0 aliphatic heterocycles. The second-order valence-corrected chi connectivity index (χ2v) is 13.0. The number of hydrogen-bond donors (Lipinski definition) is 1. The van der Waals surface area contributed by atoms with Crippen molar-refractivity contribution in [3.05, 3.63) is 97.1 Å². The first-order valence-electron chi connectivity index (χ1n) is 15.0. The van der Waals surface area contributed by atoms with E-state index in [2.05, 4.69) is 107 Å². The molecule has 1 heterocycles. The zero-order valence-electron chi connectivity index (χ0n) is 24.6. The molecule has 1 N–H and O–H groups in total. The summed E-state index contributed by atoms with van der Waals surface area (Å²) >= 11 is 0. The number of anilines is 1. The van der Waals surface area contributed by atoms with Crippen LogP contribution >= 0.6 is 0 Å². The van der Waals surface area contributed by atoms with E-state index in [1.54, 1.807) is 0 Å². The van der Waals surface area contributed by atoms with Gasteiger partial charge in [0.05, 0.1) is 5.39 Å².